The highest BCUT2D eigenvalue weighted by Crippen LogP contribution is 2.29. The van der Waals surface area contributed by atoms with Gasteiger partial charge in [-0.2, -0.15) is 0 Å². The average molecular weight is 500 g/mol. The van der Waals surface area contributed by atoms with Gasteiger partial charge in [-0.05, 0) is 72.4 Å². The maximum absolute atomic E-state index is 10.9. The Hall–Kier alpha value is -2.42. The van der Waals surface area contributed by atoms with Crippen molar-refractivity contribution < 1.29 is 5.11 Å². The van der Waals surface area contributed by atoms with Crippen LogP contribution in [0.5, 0.6) is 0 Å². The maximum atomic E-state index is 10.9. The number of hydrogen-bond acceptors (Lipinski definition) is 2. The van der Waals surface area contributed by atoms with Gasteiger partial charge in [-0.25, -0.2) is 0 Å². The smallest absolute Gasteiger partial charge is 0.0790 e. The minimum absolute atomic E-state index is 0.331. The molecule has 1 atom stereocenters. The number of benzene rings is 3. The Kier molecular flexibility index (Phi) is 12.9. The molecule has 1 aliphatic heterocycles. The molecular weight excluding hydrogens is 450 g/mol. The van der Waals surface area contributed by atoms with Gasteiger partial charge in [0.1, 0.15) is 0 Å². The van der Waals surface area contributed by atoms with Gasteiger partial charge in [-0.3, -0.25) is 4.90 Å². The van der Waals surface area contributed by atoms with Gasteiger partial charge in [-0.15, -0.1) is 0 Å². The van der Waals surface area contributed by atoms with Gasteiger partial charge in [0.25, 0.3) is 0 Å². The molecule has 2 heteroatoms. The van der Waals surface area contributed by atoms with E-state index in [-0.39, 0.29) is 6.10 Å². The number of aryl methyl sites for hydroxylation is 2. The van der Waals surface area contributed by atoms with E-state index in [1.807, 2.05) is 6.07 Å². The van der Waals surface area contributed by atoms with Crippen LogP contribution in [0.3, 0.4) is 0 Å². The van der Waals surface area contributed by atoms with Gasteiger partial charge in [0, 0.05) is 13.1 Å². The summed E-state index contributed by atoms with van der Waals surface area (Å²) in [5, 5.41) is 10.9. The molecule has 1 heterocycles. The fourth-order valence-corrected chi connectivity index (χ4v) is 5.56. The maximum Gasteiger partial charge on any atom is 0.0790 e. The van der Waals surface area contributed by atoms with Crippen LogP contribution >= 0.6 is 0 Å². The summed E-state index contributed by atoms with van der Waals surface area (Å²) >= 11 is 0. The first kappa shape index (κ1) is 29.1. The van der Waals surface area contributed by atoms with Crippen molar-refractivity contribution in [1.82, 2.24) is 4.90 Å². The predicted molar refractivity (Wildman–Crippen MR) is 159 cm³/mol. The first-order valence-corrected chi connectivity index (χ1v) is 14.7. The normalized spacial score (nSPS) is 14.4. The van der Waals surface area contributed by atoms with Crippen LogP contribution in [0, 0.1) is 5.92 Å². The first-order valence-electron chi connectivity index (χ1n) is 14.7. The average Bonchev–Trinajstić information content (AvgIpc) is 3.14. The summed E-state index contributed by atoms with van der Waals surface area (Å²) in [6.45, 7) is 9.83. The van der Waals surface area contributed by atoms with Crippen molar-refractivity contribution in [3.05, 3.63) is 107 Å². The van der Waals surface area contributed by atoms with Crippen molar-refractivity contribution in [2.45, 2.75) is 97.8 Å². The second-order valence-electron chi connectivity index (χ2n) is 10.7. The molecule has 0 fully saturated rings. The summed E-state index contributed by atoms with van der Waals surface area (Å²) in [4.78, 5) is 2.55. The van der Waals surface area contributed by atoms with E-state index < -0.39 is 0 Å². The summed E-state index contributed by atoms with van der Waals surface area (Å²) in [6.07, 6.45) is 10.3. The highest BCUT2D eigenvalue weighted by Gasteiger charge is 2.18. The van der Waals surface area contributed by atoms with Crippen LogP contribution in [0.4, 0.5) is 0 Å². The van der Waals surface area contributed by atoms with Crippen molar-refractivity contribution >= 4 is 0 Å². The molecule has 1 unspecified atom stereocenters. The fourth-order valence-electron chi connectivity index (χ4n) is 5.56. The van der Waals surface area contributed by atoms with Crippen LogP contribution in [0.2, 0.25) is 0 Å². The third kappa shape index (κ3) is 10.1. The number of nitrogens with zero attached hydrogens (tertiary/aromatic N) is 1. The molecule has 0 spiro atoms. The Morgan fingerprint density at radius 2 is 1.38 bits per heavy atom. The quantitative estimate of drug-likeness (QED) is 0.285. The van der Waals surface area contributed by atoms with E-state index >= 15 is 0 Å². The highest BCUT2D eigenvalue weighted by atomic mass is 16.3. The minimum Gasteiger partial charge on any atom is -0.388 e. The zero-order valence-corrected chi connectivity index (χ0v) is 23.5. The lowest BCUT2D eigenvalue weighted by atomic mass is 9.90. The molecule has 0 saturated heterocycles. The zero-order chi connectivity index (χ0) is 26.3. The molecule has 0 aromatic heterocycles. The topological polar surface area (TPSA) is 23.5 Å². The van der Waals surface area contributed by atoms with Crippen LogP contribution in [0.15, 0.2) is 78.9 Å². The zero-order valence-electron chi connectivity index (χ0n) is 23.5. The Bertz CT molecular complexity index is 994. The predicted octanol–water partition coefficient (Wildman–Crippen LogP) is 8.91. The molecule has 1 N–H and O–H groups in total. The van der Waals surface area contributed by atoms with Crippen LogP contribution in [-0.2, 0) is 25.9 Å². The number of aliphatic hydroxyl groups is 1. The fraction of sp³-hybridized carbons (Fsp3) is 0.486. The molecule has 1 aliphatic rings. The van der Waals surface area contributed by atoms with Crippen LogP contribution in [0.25, 0.3) is 0 Å². The lowest BCUT2D eigenvalue weighted by Crippen LogP contribution is -2.22. The molecule has 4 rings (SSSR count). The van der Waals surface area contributed by atoms with Gasteiger partial charge in [-0.1, -0.05) is 125 Å². The van der Waals surface area contributed by atoms with E-state index in [1.165, 1.54) is 54.4 Å². The molecule has 3 aromatic carbocycles. The minimum atomic E-state index is -0.331. The SMILES string of the molecule is CCCC(CCC)CCC(O)c1ccc2c(c1)CN(Cc1ccccc1)CCC2.CCc1ccccc1. The number of fused-ring (bicyclic) bond motifs is 1. The Morgan fingerprint density at radius 3 is 1.97 bits per heavy atom. The van der Waals surface area contributed by atoms with Crippen molar-refractivity contribution in [3.8, 4) is 0 Å². The van der Waals surface area contributed by atoms with Gasteiger partial charge in [0.05, 0.1) is 6.10 Å². The highest BCUT2D eigenvalue weighted by molar-refractivity contribution is 5.34. The lowest BCUT2D eigenvalue weighted by molar-refractivity contribution is 0.154. The molecule has 0 saturated carbocycles. The van der Waals surface area contributed by atoms with E-state index in [2.05, 4.69) is 98.5 Å². The molecule has 3 aromatic rings. The van der Waals surface area contributed by atoms with Crippen molar-refractivity contribution in [2.75, 3.05) is 6.54 Å². The Morgan fingerprint density at radius 1 is 0.730 bits per heavy atom. The summed E-state index contributed by atoms with van der Waals surface area (Å²) in [7, 11) is 0. The lowest BCUT2D eigenvalue weighted by Gasteiger charge is -2.22. The monoisotopic (exact) mass is 499 g/mol. The molecular formula is C35H49NO. The van der Waals surface area contributed by atoms with Gasteiger partial charge in [0.15, 0.2) is 0 Å². The summed E-state index contributed by atoms with van der Waals surface area (Å²) in [5.41, 5.74) is 6.77. The van der Waals surface area contributed by atoms with E-state index in [1.54, 1.807) is 0 Å². The van der Waals surface area contributed by atoms with E-state index in [9.17, 15) is 5.11 Å². The molecule has 0 bridgehead atoms. The van der Waals surface area contributed by atoms with Crippen molar-refractivity contribution in [2.24, 2.45) is 5.92 Å². The molecule has 0 amide bonds. The molecule has 37 heavy (non-hydrogen) atoms. The first-order chi connectivity index (χ1) is 18.1. The largest absolute Gasteiger partial charge is 0.388 e. The van der Waals surface area contributed by atoms with E-state index in [4.69, 9.17) is 0 Å². The summed E-state index contributed by atoms with van der Waals surface area (Å²) in [6, 6.07) is 28.0. The number of hydrogen-bond donors (Lipinski definition) is 1. The standard InChI is InChI=1S/C27H39NO.C8H10/c1-3-9-22(10-4-2)14-17-27(29)25-16-15-24-13-8-18-28(21-26(24)19-25)20-23-11-6-5-7-12-23;1-2-8-6-4-3-5-7-8/h5-7,11-12,15-16,19,22,27,29H,3-4,8-10,13-14,17-18,20-21H2,1-2H3;3-7H,2H2,1H3. The molecule has 2 nitrogen and oxygen atoms in total. The third-order valence-electron chi connectivity index (χ3n) is 7.67. The van der Waals surface area contributed by atoms with Gasteiger partial charge in [0.2, 0.25) is 0 Å². The van der Waals surface area contributed by atoms with Crippen LogP contribution in [0.1, 0.15) is 99.6 Å². The number of aliphatic hydroxyl groups excluding tert-OH is 1. The Labute approximate surface area is 226 Å². The number of rotatable bonds is 11. The van der Waals surface area contributed by atoms with E-state index in [0.29, 0.717) is 0 Å². The second-order valence-corrected chi connectivity index (χ2v) is 10.7. The summed E-state index contributed by atoms with van der Waals surface area (Å²) in [5.74, 6) is 0.766. The molecule has 0 radical (unpaired) electrons. The molecule has 200 valence electrons. The van der Waals surface area contributed by atoms with Crippen LogP contribution < -0.4 is 0 Å². The third-order valence-corrected chi connectivity index (χ3v) is 7.67. The van der Waals surface area contributed by atoms with E-state index in [0.717, 1.165) is 56.8 Å². The van der Waals surface area contributed by atoms with Crippen LogP contribution in [-0.4, -0.2) is 16.6 Å². The molecule has 0 aliphatic carbocycles. The van der Waals surface area contributed by atoms with Crippen molar-refractivity contribution in [1.29, 1.82) is 0 Å². The Balaban J connectivity index is 0.000000405. The van der Waals surface area contributed by atoms with Gasteiger partial charge < -0.3 is 5.11 Å². The van der Waals surface area contributed by atoms with Gasteiger partial charge >= 0.3 is 0 Å². The van der Waals surface area contributed by atoms with Crippen molar-refractivity contribution in [3.63, 3.8) is 0 Å². The summed E-state index contributed by atoms with van der Waals surface area (Å²) < 4.78 is 0. The second kappa shape index (κ2) is 16.4.